The number of amides is 1. The minimum Gasteiger partial charge on any atom is -0.480 e. The van der Waals surface area contributed by atoms with Crippen molar-refractivity contribution in [1.29, 1.82) is 0 Å². The Morgan fingerprint density at radius 1 is 1.17 bits per heavy atom. The Hall–Kier alpha value is -1.88. The van der Waals surface area contributed by atoms with Crippen molar-refractivity contribution in [3.8, 4) is 0 Å². The second kappa shape index (κ2) is 7.34. The molecule has 0 bridgehead atoms. The number of carboxylic acid groups (broad SMARTS) is 1. The van der Waals surface area contributed by atoms with E-state index in [0.29, 0.717) is 19.5 Å². The van der Waals surface area contributed by atoms with E-state index >= 15 is 0 Å². The molecule has 2 N–H and O–H groups in total. The average molecular weight is 330 g/mol. The molecule has 3 rings (SSSR count). The number of carbonyl (C=O) groups excluding carboxylic acids is 1. The smallest absolute Gasteiger partial charge is 0.320 e. The molecule has 24 heavy (non-hydrogen) atoms. The number of hydrogen-bond donors (Lipinski definition) is 2. The normalized spacial score (nSPS) is 23.2. The number of aliphatic carboxylic acids is 1. The molecular formula is C19H26N2O3. The van der Waals surface area contributed by atoms with E-state index < -0.39 is 12.0 Å². The maximum atomic E-state index is 12.4. The first-order valence-electron chi connectivity index (χ1n) is 8.90. The average Bonchev–Trinajstić information content (AvgIpc) is 3.24. The molecule has 1 aliphatic heterocycles. The monoisotopic (exact) mass is 330 g/mol. The van der Waals surface area contributed by atoms with Crippen molar-refractivity contribution in [3.05, 3.63) is 35.9 Å². The molecule has 0 spiro atoms. The van der Waals surface area contributed by atoms with Crippen molar-refractivity contribution in [2.45, 2.75) is 50.0 Å². The van der Waals surface area contributed by atoms with Crippen LogP contribution < -0.4 is 5.32 Å². The lowest BCUT2D eigenvalue weighted by Gasteiger charge is -2.30. The van der Waals surface area contributed by atoms with Crippen molar-refractivity contribution < 1.29 is 14.7 Å². The third-order valence-electron chi connectivity index (χ3n) is 5.57. The van der Waals surface area contributed by atoms with Gasteiger partial charge in [-0.15, -0.1) is 0 Å². The first-order chi connectivity index (χ1) is 11.6. The predicted molar refractivity (Wildman–Crippen MR) is 91.8 cm³/mol. The minimum absolute atomic E-state index is 0.0358. The van der Waals surface area contributed by atoms with Crippen molar-refractivity contribution in [1.82, 2.24) is 10.2 Å². The van der Waals surface area contributed by atoms with Crippen LogP contribution in [0, 0.1) is 0 Å². The summed E-state index contributed by atoms with van der Waals surface area (Å²) in [5.74, 6) is -0.887. The fourth-order valence-corrected chi connectivity index (χ4v) is 4.21. The highest BCUT2D eigenvalue weighted by Crippen LogP contribution is 2.40. The summed E-state index contributed by atoms with van der Waals surface area (Å²) >= 11 is 0. The zero-order valence-corrected chi connectivity index (χ0v) is 14.0. The van der Waals surface area contributed by atoms with Crippen LogP contribution in [-0.2, 0) is 15.0 Å². The quantitative estimate of drug-likeness (QED) is 0.839. The standard InChI is InChI=1S/C19H26N2O3/c22-17(13-21-12-6-9-16(21)18(23)24)20-14-19(10-4-5-11-19)15-7-2-1-3-8-15/h1-3,7-8,16H,4-6,9-14H2,(H,20,22)(H,23,24). The number of hydrogen-bond acceptors (Lipinski definition) is 3. The second-order valence-electron chi connectivity index (χ2n) is 7.10. The number of carbonyl (C=O) groups is 2. The van der Waals surface area contributed by atoms with Gasteiger partial charge in [0.2, 0.25) is 5.91 Å². The Morgan fingerprint density at radius 3 is 2.54 bits per heavy atom. The van der Waals surface area contributed by atoms with E-state index in [1.54, 1.807) is 4.90 Å². The van der Waals surface area contributed by atoms with Crippen molar-refractivity contribution in [3.63, 3.8) is 0 Å². The fourth-order valence-electron chi connectivity index (χ4n) is 4.21. The summed E-state index contributed by atoms with van der Waals surface area (Å²) in [6.45, 7) is 1.51. The molecule has 1 aliphatic carbocycles. The molecular weight excluding hydrogens is 304 g/mol. The Morgan fingerprint density at radius 2 is 1.88 bits per heavy atom. The van der Waals surface area contributed by atoms with Gasteiger partial charge in [-0.3, -0.25) is 14.5 Å². The lowest BCUT2D eigenvalue weighted by molar-refractivity contribution is -0.142. The van der Waals surface area contributed by atoms with Gasteiger partial charge in [0.25, 0.3) is 0 Å². The Kier molecular flexibility index (Phi) is 5.19. The van der Waals surface area contributed by atoms with Gasteiger partial charge >= 0.3 is 5.97 Å². The van der Waals surface area contributed by atoms with E-state index in [1.807, 2.05) is 6.07 Å². The summed E-state index contributed by atoms with van der Waals surface area (Å²) in [4.78, 5) is 25.4. The van der Waals surface area contributed by atoms with E-state index in [0.717, 1.165) is 19.3 Å². The van der Waals surface area contributed by atoms with Gasteiger partial charge < -0.3 is 10.4 Å². The van der Waals surface area contributed by atoms with E-state index in [2.05, 4.69) is 29.6 Å². The molecule has 1 amide bonds. The molecule has 0 radical (unpaired) electrons. The highest BCUT2D eigenvalue weighted by molar-refractivity contribution is 5.80. The third kappa shape index (κ3) is 3.61. The number of benzene rings is 1. The molecule has 130 valence electrons. The second-order valence-corrected chi connectivity index (χ2v) is 7.10. The van der Waals surface area contributed by atoms with Crippen LogP contribution in [0.3, 0.4) is 0 Å². The maximum absolute atomic E-state index is 12.4. The van der Waals surface area contributed by atoms with Crippen LogP contribution in [0.1, 0.15) is 44.1 Å². The number of nitrogens with zero attached hydrogens (tertiary/aromatic N) is 1. The van der Waals surface area contributed by atoms with Crippen molar-refractivity contribution in [2.75, 3.05) is 19.6 Å². The zero-order valence-electron chi connectivity index (χ0n) is 14.0. The lowest BCUT2D eigenvalue weighted by atomic mass is 9.79. The molecule has 1 saturated heterocycles. The van der Waals surface area contributed by atoms with Gasteiger partial charge in [0.15, 0.2) is 0 Å². The summed E-state index contributed by atoms with van der Waals surface area (Å²) in [6, 6.07) is 9.92. The number of likely N-dealkylation sites (tertiary alicyclic amines) is 1. The molecule has 5 heteroatoms. The fraction of sp³-hybridized carbons (Fsp3) is 0.579. The first-order valence-corrected chi connectivity index (χ1v) is 8.90. The van der Waals surface area contributed by atoms with E-state index in [4.69, 9.17) is 0 Å². The summed E-state index contributed by atoms with van der Waals surface area (Å²) in [5, 5.41) is 12.3. The zero-order chi connectivity index (χ0) is 17.0. The molecule has 1 aromatic rings. The van der Waals surface area contributed by atoms with E-state index in [-0.39, 0.29) is 17.9 Å². The van der Waals surface area contributed by atoms with Crippen LogP contribution in [0.25, 0.3) is 0 Å². The third-order valence-corrected chi connectivity index (χ3v) is 5.57. The molecule has 2 aliphatic rings. The molecule has 1 heterocycles. The Balaban J connectivity index is 1.59. The highest BCUT2D eigenvalue weighted by atomic mass is 16.4. The number of carboxylic acids is 1. The first kappa shape index (κ1) is 17.0. The van der Waals surface area contributed by atoms with E-state index in [9.17, 15) is 14.7 Å². The van der Waals surface area contributed by atoms with Gasteiger partial charge in [-0.1, -0.05) is 43.2 Å². The maximum Gasteiger partial charge on any atom is 0.320 e. The Bertz CT molecular complexity index is 582. The summed E-state index contributed by atoms with van der Waals surface area (Å²) < 4.78 is 0. The van der Waals surface area contributed by atoms with Gasteiger partial charge in [-0.25, -0.2) is 0 Å². The van der Waals surface area contributed by atoms with Crippen LogP contribution in [0.2, 0.25) is 0 Å². The van der Waals surface area contributed by atoms with Crippen LogP contribution in [0.5, 0.6) is 0 Å². The van der Waals surface area contributed by atoms with Crippen molar-refractivity contribution >= 4 is 11.9 Å². The predicted octanol–water partition coefficient (Wildman–Crippen LogP) is 2.16. The lowest BCUT2D eigenvalue weighted by Crippen LogP contribution is -2.46. The summed E-state index contributed by atoms with van der Waals surface area (Å²) in [7, 11) is 0. The SMILES string of the molecule is O=C(CN1CCCC1C(=O)O)NCC1(c2ccccc2)CCCC1. The molecule has 0 aromatic heterocycles. The minimum atomic E-state index is -0.822. The van der Waals surface area contributed by atoms with Crippen LogP contribution in [0.4, 0.5) is 0 Å². The number of rotatable bonds is 6. The van der Waals surface area contributed by atoms with Gasteiger partial charge in [-0.05, 0) is 37.8 Å². The highest BCUT2D eigenvalue weighted by Gasteiger charge is 2.36. The van der Waals surface area contributed by atoms with Gasteiger partial charge in [0.1, 0.15) is 6.04 Å². The van der Waals surface area contributed by atoms with E-state index in [1.165, 1.54) is 18.4 Å². The van der Waals surface area contributed by atoms with Gasteiger partial charge in [-0.2, -0.15) is 0 Å². The molecule has 5 nitrogen and oxygen atoms in total. The van der Waals surface area contributed by atoms with Gasteiger partial charge in [0.05, 0.1) is 6.54 Å². The molecule has 1 unspecified atom stereocenters. The molecule has 1 aromatic carbocycles. The number of nitrogens with one attached hydrogen (secondary N) is 1. The summed E-state index contributed by atoms with van der Waals surface area (Å²) in [5.41, 5.74) is 1.33. The Labute approximate surface area is 143 Å². The van der Waals surface area contributed by atoms with Gasteiger partial charge in [0, 0.05) is 12.0 Å². The molecule has 2 fully saturated rings. The van der Waals surface area contributed by atoms with Crippen LogP contribution in [-0.4, -0.2) is 47.6 Å². The largest absolute Gasteiger partial charge is 0.480 e. The topological polar surface area (TPSA) is 69.6 Å². The molecule has 1 saturated carbocycles. The molecule has 1 atom stereocenters. The van der Waals surface area contributed by atoms with Crippen LogP contribution >= 0.6 is 0 Å². The van der Waals surface area contributed by atoms with Crippen molar-refractivity contribution in [2.24, 2.45) is 0 Å². The summed E-state index contributed by atoms with van der Waals surface area (Å²) in [6.07, 6.45) is 6.06. The van der Waals surface area contributed by atoms with Crippen LogP contribution in [0.15, 0.2) is 30.3 Å².